The summed E-state index contributed by atoms with van der Waals surface area (Å²) < 4.78 is 15.7. The number of thioether (sulfide) groups is 1. The van der Waals surface area contributed by atoms with Crippen molar-refractivity contribution < 1.29 is 19.0 Å². The van der Waals surface area contributed by atoms with Gasteiger partial charge in [0.25, 0.3) is 0 Å². The first-order chi connectivity index (χ1) is 13.6. The van der Waals surface area contributed by atoms with Gasteiger partial charge in [-0.25, -0.2) is 0 Å². The number of nitrogens with zero attached hydrogens (tertiary/aromatic N) is 3. The van der Waals surface area contributed by atoms with E-state index in [0.29, 0.717) is 29.0 Å². The van der Waals surface area contributed by atoms with Gasteiger partial charge in [-0.3, -0.25) is 9.69 Å². The van der Waals surface area contributed by atoms with Crippen molar-refractivity contribution in [1.82, 2.24) is 4.90 Å². The van der Waals surface area contributed by atoms with Gasteiger partial charge in [-0.05, 0) is 41.5 Å². The molecule has 1 fully saturated rings. The number of amidine groups is 1. The number of carbonyl (C=O) groups excluding carboxylic acids is 1. The molecule has 0 bridgehead atoms. The fraction of sp³-hybridized carbons (Fsp3) is 0.250. The average Bonchev–Trinajstić information content (AvgIpc) is 3.08. The van der Waals surface area contributed by atoms with E-state index in [0.717, 1.165) is 16.9 Å². The third-order valence-electron chi connectivity index (χ3n) is 4.11. The Balaban J connectivity index is 1.72. The van der Waals surface area contributed by atoms with E-state index >= 15 is 0 Å². The SMILES string of the molecule is COc1ccc(CN2C(=O)CS/C2=N/N=C/c2ccc(OC)c(OC)c2)cc1. The number of ether oxygens (including phenoxy) is 3. The van der Waals surface area contributed by atoms with Crippen molar-refractivity contribution in [2.45, 2.75) is 6.54 Å². The predicted molar refractivity (Wildman–Crippen MR) is 111 cm³/mol. The summed E-state index contributed by atoms with van der Waals surface area (Å²) in [5.41, 5.74) is 1.81. The van der Waals surface area contributed by atoms with E-state index < -0.39 is 0 Å². The fourth-order valence-corrected chi connectivity index (χ4v) is 3.45. The smallest absolute Gasteiger partial charge is 0.239 e. The molecule has 0 radical (unpaired) electrons. The summed E-state index contributed by atoms with van der Waals surface area (Å²) in [6.07, 6.45) is 1.61. The van der Waals surface area contributed by atoms with Crippen LogP contribution in [0.5, 0.6) is 17.2 Å². The van der Waals surface area contributed by atoms with Gasteiger partial charge in [-0.15, -0.1) is 5.10 Å². The number of rotatable bonds is 7. The minimum atomic E-state index is 0.0147. The zero-order chi connectivity index (χ0) is 19.9. The highest BCUT2D eigenvalue weighted by molar-refractivity contribution is 8.15. The molecule has 1 aliphatic heterocycles. The number of hydrogen-bond acceptors (Lipinski definition) is 7. The maximum atomic E-state index is 12.2. The highest BCUT2D eigenvalue weighted by Crippen LogP contribution is 2.27. The van der Waals surface area contributed by atoms with Gasteiger partial charge in [0.05, 0.1) is 39.8 Å². The summed E-state index contributed by atoms with van der Waals surface area (Å²) in [5, 5.41) is 8.96. The molecule has 0 atom stereocenters. The van der Waals surface area contributed by atoms with E-state index in [1.165, 1.54) is 11.8 Å². The molecule has 0 saturated carbocycles. The molecule has 146 valence electrons. The molecule has 0 unspecified atom stereocenters. The molecule has 2 aromatic rings. The molecule has 1 saturated heterocycles. The number of benzene rings is 2. The summed E-state index contributed by atoms with van der Waals surface area (Å²) in [6, 6.07) is 13.1. The Kier molecular flexibility index (Phi) is 6.54. The molecule has 28 heavy (non-hydrogen) atoms. The molecule has 0 N–H and O–H groups in total. The van der Waals surface area contributed by atoms with Gasteiger partial charge in [-0.2, -0.15) is 5.10 Å². The standard InChI is InChI=1S/C20H21N3O4S/c1-25-16-7-4-14(5-8-16)12-23-19(24)13-28-20(23)22-21-11-15-6-9-17(26-2)18(10-15)27-3/h4-11H,12-13H2,1-3H3/b21-11+,22-20+. The molecule has 1 amide bonds. The van der Waals surface area contributed by atoms with Crippen LogP contribution < -0.4 is 14.2 Å². The van der Waals surface area contributed by atoms with Crippen LogP contribution in [-0.2, 0) is 11.3 Å². The number of amides is 1. The molecule has 7 nitrogen and oxygen atoms in total. The van der Waals surface area contributed by atoms with Gasteiger partial charge >= 0.3 is 0 Å². The normalized spacial score (nSPS) is 15.5. The van der Waals surface area contributed by atoms with Gasteiger partial charge in [0, 0.05) is 0 Å². The molecule has 1 heterocycles. The van der Waals surface area contributed by atoms with Gasteiger partial charge in [0.1, 0.15) is 5.75 Å². The first-order valence-corrected chi connectivity index (χ1v) is 9.52. The third-order valence-corrected chi connectivity index (χ3v) is 5.07. The van der Waals surface area contributed by atoms with E-state index in [-0.39, 0.29) is 5.91 Å². The van der Waals surface area contributed by atoms with Crippen molar-refractivity contribution in [3.8, 4) is 17.2 Å². The van der Waals surface area contributed by atoms with Crippen LogP contribution >= 0.6 is 11.8 Å². The molecule has 8 heteroatoms. The van der Waals surface area contributed by atoms with Crippen molar-refractivity contribution in [1.29, 1.82) is 0 Å². The monoisotopic (exact) mass is 399 g/mol. The third kappa shape index (κ3) is 4.64. The topological polar surface area (TPSA) is 72.7 Å². The lowest BCUT2D eigenvalue weighted by Gasteiger charge is -2.15. The molecule has 1 aliphatic rings. The maximum Gasteiger partial charge on any atom is 0.239 e. The summed E-state index contributed by atoms with van der Waals surface area (Å²) in [6.45, 7) is 0.445. The molecular weight excluding hydrogens is 378 g/mol. The lowest BCUT2D eigenvalue weighted by molar-refractivity contribution is -0.124. The highest BCUT2D eigenvalue weighted by atomic mass is 32.2. The Morgan fingerprint density at radius 1 is 1.04 bits per heavy atom. The van der Waals surface area contributed by atoms with E-state index in [1.807, 2.05) is 36.4 Å². The maximum absolute atomic E-state index is 12.2. The quantitative estimate of drug-likeness (QED) is 0.528. The van der Waals surface area contributed by atoms with Crippen LogP contribution in [0.3, 0.4) is 0 Å². The van der Waals surface area contributed by atoms with Crippen molar-refractivity contribution in [2.75, 3.05) is 27.1 Å². The Bertz CT molecular complexity index is 897. The molecule has 3 rings (SSSR count). The van der Waals surface area contributed by atoms with Crippen LogP contribution in [0.15, 0.2) is 52.7 Å². The van der Waals surface area contributed by atoms with Gasteiger partial charge in [0.2, 0.25) is 5.91 Å². The number of carbonyl (C=O) groups is 1. The summed E-state index contributed by atoms with van der Waals surface area (Å²) in [4.78, 5) is 13.9. The van der Waals surface area contributed by atoms with Gasteiger partial charge in [-0.1, -0.05) is 23.9 Å². The van der Waals surface area contributed by atoms with Gasteiger partial charge in [0.15, 0.2) is 16.7 Å². The molecular formula is C20H21N3O4S. The Labute approximate surface area is 168 Å². The molecule has 2 aromatic carbocycles. The van der Waals surface area contributed by atoms with Crippen molar-refractivity contribution in [2.24, 2.45) is 10.2 Å². The molecule has 0 aromatic heterocycles. The first-order valence-electron chi connectivity index (χ1n) is 8.53. The lowest BCUT2D eigenvalue weighted by Crippen LogP contribution is -2.28. The Hall–Kier alpha value is -3.00. The van der Waals surface area contributed by atoms with Crippen LogP contribution in [-0.4, -0.2) is 49.3 Å². The Morgan fingerprint density at radius 2 is 1.79 bits per heavy atom. The van der Waals surface area contributed by atoms with E-state index in [4.69, 9.17) is 14.2 Å². The largest absolute Gasteiger partial charge is 0.497 e. The lowest BCUT2D eigenvalue weighted by atomic mass is 10.2. The zero-order valence-electron chi connectivity index (χ0n) is 15.9. The highest BCUT2D eigenvalue weighted by Gasteiger charge is 2.28. The van der Waals surface area contributed by atoms with Crippen LogP contribution in [0.2, 0.25) is 0 Å². The van der Waals surface area contributed by atoms with Crippen LogP contribution in [0.1, 0.15) is 11.1 Å². The number of hydrogen-bond donors (Lipinski definition) is 0. The minimum absolute atomic E-state index is 0.0147. The summed E-state index contributed by atoms with van der Waals surface area (Å²) in [7, 11) is 4.79. The predicted octanol–water partition coefficient (Wildman–Crippen LogP) is 3.18. The van der Waals surface area contributed by atoms with Crippen molar-refractivity contribution in [3.05, 3.63) is 53.6 Å². The zero-order valence-corrected chi connectivity index (χ0v) is 16.7. The van der Waals surface area contributed by atoms with Crippen molar-refractivity contribution in [3.63, 3.8) is 0 Å². The second kappa shape index (κ2) is 9.27. The van der Waals surface area contributed by atoms with Crippen LogP contribution in [0.25, 0.3) is 0 Å². The second-order valence-electron chi connectivity index (χ2n) is 5.86. The second-order valence-corrected chi connectivity index (χ2v) is 6.80. The van der Waals surface area contributed by atoms with E-state index in [1.54, 1.807) is 38.5 Å². The van der Waals surface area contributed by atoms with E-state index in [9.17, 15) is 4.79 Å². The average molecular weight is 399 g/mol. The van der Waals surface area contributed by atoms with E-state index in [2.05, 4.69) is 10.2 Å². The minimum Gasteiger partial charge on any atom is -0.497 e. The van der Waals surface area contributed by atoms with Crippen molar-refractivity contribution >= 4 is 29.1 Å². The van der Waals surface area contributed by atoms with Crippen LogP contribution in [0.4, 0.5) is 0 Å². The summed E-state index contributed by atoms with van der Waals surface area (Å²) in [5.74, 6) is 2.42. The van der Waals surface area contributed by atoms with Gasteiger partial charge < -0.3 is 14.2 Å². The Morgan fingerprint density at radius 3 is 2.46 bits per heavy atom. The first kappa shape index (κ1) is 19.8. The summed E-state index contributed by atoms with van der Waals surface area (Å²) >= 11 is 1.38. The number of methoxy groups -OCH3 is 3. The fourth-order valence-electron chi connectivity index (χ4n) is 2.62. The molecule has 0 aliphatic carbocycles. The van der Waals surface area contributed by atoms with Crippen LogP contribution in [0, 0.1) is 0 Å². The molecule has 0 spiro atoms.